The number of carbonyl (C=O) groups is 1. The summed E-state index contributed by atoms with van der Waals surface area (Å²) >= 11 is 0. The van der Waals surface area contributed by atoms with E-state index in [4.69, 9.17) is 9.47 Å². The average molecular weight is 602 g/mol. The predicted molar refractivity (Wildman–Crippen MR) is 156 cm³/mol. The third kappa shape index (κ3) is 7.38. The summed E-state index contributed by atoms with van der Waals surface area (Å²) in [7, 11) is -6.19. The van der Waals surface area contributed by atoms with Gasteiger partial charge in [0.05, 0.1) is 29.1 Å². The van der Waals surface area contributed by atoms with E-state index in [1.165, 1.54) is 35.7 Å². The monoisotopic (exact) mass is 601 g/mol. The first-order valence-electron chi connectivity index (χ1n) is 13.3. The van der Waals surface area contributed by atoms with Crippen LogP contribution in [0.25, 0.3) is 0 Å². The lowest BCUT2D eigenvalue weighted by molar-refractivity contribution is -0.119. The van der Waals surface area contributed by atoms with Gasteiger partial charge in [0.25, 0.3) is 10.0 Å². The summed E-state index contributed by atoms with van der Waals surface area (Å²) in [6, 6.07) is 19.2. The van der Waals surface area contributed by atoms with Gasteiger partial charge in [0.1, 0.15) is 24.7 Å². The van der Waals surface area contributed by atoms with Crippen molar-refractivity contribution in [3.8, 4) is 11.5 Å². The number of rotatable bonds is 12. The summed E-state index contributed by atoms with van der Waals surface area (Å²) < 4.78 is 66.4. The van der Waals surface area contributed by atoms with Gasteiger partial charge in [-0.15, -0.1) is 0 Å². The molecule has 1 fully saturated rings. The normalized spacial score (nSPS) is 14.3. The Morgan fingerprint density at radius 2 is 1.51 bits per heavy atom. The van der Waals surface area contributed by atoms with Gasteiger partial charge in [-0.3, -0.25) is 9.10 Å². The van der Waals surface area contributed by atoms with Gasteiger partial charge in [-0.1, -0.05) is 36.2 Å². The molecule has 12 heteroatoms. The van der Waals surface area contributed by atoms with Gasteiger partial charge in [0.2, 0.25) is 15.9 Å². The van der Waals surface area contributed by atoms with Crippen LogP contribution < -0.4 is 19.1 Å². The van der Waals surface area contributed by atoms with Crippen LogP contribution >= 0.6 is 0 Å². The smallest absolute Gasteiger partial charge is 0.264 e. The number of amides is 1. The van der Waals surface area contributed by atoms with Gasteiger partial charge in [-0.25, -0.2) is 16.8 Å². The van der Waals surface area contributed by atoms with Crippen molar-refractivity contribution in [2.24, 2.45) is 0 Å². The summed E-state index contributed by atoms with van der Waals surface area (Å²) in [6.07, 6.45) is 2.76. The zero-order valence-corrected chi connectivity index (χ0v) is 24.8. The second kappa shape index (κ2) is 13.4. The molecule has 1 heterocycles. The highest BCUT2D eigenvalue weighted by molar-refractivity contribution is 7.93. The Morgan fingerprint density at radius 1 is 0.878 bits per heavy atom. The maximum Gasteiger partial charge on any atom is 0.264 e. The number of nitrogens with zero attached hydrogens (tertiary/aromatic N) is 2. The van der Waals surface area contributed by atoms with Crippen LogP contribution in [0.2, 0.25) is 0 Å². The second-order valence-corrected chi connectivity index (χ2v) is 13.4. The molecule has 1 aliphatic heterocycles. The number of para-hydroxylation sites is 2. The number of benzene rings is 3. The van der Waals surface area contributed by atoms with Gasteiger partial charge >= 0.3 is 0 Å². The first-order chi connectivity index (χ1) is 19.6. The summed E-state index contributed by atoms with van der Waals surface area (Å²) in [6.45, 7) is 2.65. The van der Waals surface area contributed by atoms with Crippen LogP contribution in [0.5, 0.6) is 11.5 Å². The lowest BCUT2D eigenvalue weighted by atomic mass is 10.2. The minimum absolute atomic E-state index is 0.0517. The molecule has 1 saturated heterocycles. The molecule has 220 valence electrons. The Labute approximate surface area is 242 Å². The number of methoxy groups -OCH3 is 1. The number of carbonyl (C=O) groups excluding carboxylic acids is 1. The lowest BCUT2D eigenvalue weighted by Gasteiger charge is -2.26. The van der Waals surface area contributed by atoms with Crippen LogP contribution in [0.3, 0.4) is 0 Å². The Hall–Kier alpha value is -3.61. The first-order valence-corrected chi connectivity index (χ1v) is 16.2. The van der Waals surface area contributed by atoms with Crippen molar-refractivity contribution in [1.29, 1.82) is 0 Å². The number of hydrogen-bond donors (Lipinski definition) is 1. The highest BCUT2D eigenvalue weighted by Crippen LogP contribution is 2.32. The number of piperidine rings is 1. The predicted octanol–water partition coefficient (Wildman–Crippen LogP) is 3.57. The molecule has 1 aliphatic rings. The van der Waals surface area contributed by atoms with Crippen LogP contribution in [-0.2, 0) is 24.8 Å². The number of ether oxygens (including phenoxy) is 2. The lowest BCUT2D eigenvalue weighted by Crippen LogP contribution is -2.42. The van der Waals surface area contributed by atoms with Crippen molar-refractivity contribution in [3.63, 3.8) is 0 Å². The third-order valence-electron chi connectivity index (χ3n) is 6.72. The van der Waals surface area contributed by atoms with Crippen molar-refractivity contribution in [1.82, 2.24) is 9.62 Å². The topological polar surface area (TPSA) is 122 Å². The molecule has 3 aromatic carbocycles. The maximum absolute atomic E-state index is 13.6. The Bertz CT molecular complexity index is 1540. The second-order valence-electron chi connectivity index (χ2n) is 9.63. The van der Waals surface area contributed by atoms with Gasteiger partial charge in [0.15, 0.2) is 0 Å². The van der Waals surface area contributed by atoms with Crippen LogP contribution in [0.4, 0.5) is 5.69 Å². The largest absolute Gasteiger partial charge is 0.495 e. The van der Waals surface area contributed by atoms with Gasteiger partial charge < -0.3 is 14.8 Å². The molecule has 10 nitrogen and oxygen atoms in total. The van der Waals surface area contributed by atoms with Gasteiger partial charge in [-0.2, -0.15) is 4.31 Å². The van der Waals surface area contributed by atoms with Crippen molar-refractivity contribution in [2.45, 2.75) is 36.0 Å². The Kier molecular flexibility index (Phi) is 9.90. The molecule has 0 saturated carbocycles. The molecule has 4 rings (SSSR count). The highest BCUT2D eigenvalue weighted by Gasteiger charge is 2.29. The molecule has 0 atom stereocenters. The average Bonchev–Trinajstić information content (AvgIpc) is 2.99. The number of aryl methyl sites for hydroxylation is 1. The van der Waals surface area contributed by atoms with Crippen LogP contribution in [0, 0.1) is 6.92 Å². The third-order valence-corrected chi connectivity index (χ3v) is 10.4. The highest BCUT2D eigenvalue weighted by atomic mass is 32.2. The molecule has 0 spiro atoms. The van der Waals surface area contributed by atoms with Crippen molar-refractivity contribution >= 4 is 31.6 Å². The van der Waals surface area contributed by atoms with Gasteiger partial charge in [-0.05, 0) is 68.3 Å². The fourth-order valence-corrected chi connectivity index (χ4v) is 7.43. The zero-order valence-electron chi connectivity index (χ0n) is 23.2. The van der Waals surface area contributed by atoms with E-state index in [0.717, 1.165) is 29.1 Å². The molecular formula is C29H35N3O7S2. The molecule has 3 aromatic rings. The van der Waals surface area contributed by atoms with Gasteiger partial charge in [0, 0.05) is 13.1 Å². The van der Waals surface area contributed by atoms with E-state index >= 15 is 0 Å². The summed E-state index contributed by atoms with van der Waals surface area (Å²) in [5.74, 6) is 0.234. The summed E-state index contributed by atoms with van der Waals surface area (Å²) in [5, 5.41) is 2.69. The van der Waals surface area contributed by atoms with Crippen LogP contribution in [0.1, 0.15) is 24.8 Å². The number of anilines is 1. The molecule has 0 aliphatic carbocycles. The molecule has 0 unspecified atom stereocenters. The molecule has 0 aromatic heterocycles. The molecule has 41 heavy (non-hydrogen) atoms. The van der Waals surface area contributed by atoms with Crippen LogP contribution in [0.15, 0.2) is 82.6 Å². The molecular weight excluding hydrogens is 566 g/mol. The molecule has 1 N–H and O–H groups in total. The van der Waals surface area contributed by atoms with Crippen molar-refractivity contribution < 1.29 is 31.1 Å². The quantitative estimate of drug-likeness (QED) is 0.315. The fourth-order valence-electron chi connectivity index (χ4n) is 4.48. The Morgan fingerprint density at radius 3 is 2.17 bits per heavy atom. The van der Waals surface area contributed by atoms with E-state index in [1.54, 1.807) is 48.5 Å². The Balaban J connectivity index is 1.37. The van der Waals surface area contributed by atoms with Crippen molar-refractivity contribution in [3.05, 3.63) is 78.4 Å². The summed E-state index contributed by atoms with van der Waals surface area (Å²) in [5.41, 5.74) is 1.14. The SMILES string of the molecule is COc1ccccc1N(CC(=O)NCCOc1ccc(S(=O)(=O)N2CCCCC2)cc1)S(=O)(=O)c1ccc(C)cc1. The van der Waals surface area contributed by atoms with E-state index < -0.39 is 32.5 Å². The van der Waals surface area contributed by atoms with E-state index in [1.807, 2.05) is 6.92 Å². The van der Waals surface area contributed by atoms with E-state index in [9.17, 15) is 21.6 Å². The fraction of sp³-hybridized carbons (Fsp3) is 0.345. The summed E-state index contributed by atoms with van der Waals surface area (Å²) in [4.78, 5) is 13.2. The van der Waals surface area contributed by atoms with E-state index in [0.29, 0.717) is 24.6 Å². The van der Waals surface area contributed by atoms with Crippen molar-refractivity contribution in [2.75, 3.05) is 44.2 Å². The zero-order chi connectivity index (χ0) is 29.5. The molecule has 0 bridgehead atoms. The van der Waals surface area contributed by atoms with E-state index in [2.05, 4.69) is 5.32 Å². The van der Waals surface area contributed by atoms with E-state index in [-0.39, 0.29) is 28.6 Å². The molecule has 1 amide bonds. The van der Waals surface area contributed by atoms with Crippen LogP contribution in [-0.4, -0.2) is 66.9 Å². The number of sulfonamides is 2. The minimum Gasteiger partial charge on any atom is -0.495 e. The number of hydrogen-bond acceptors (Lipinski definition) is 7. The molecule has 0 radical (unpaired) electrons. The number of nitrogens with one attached hydrogen (secondary N) is 1. The first kappa shape index (κ1) is 30.4. The minimum atomic E-state index is -4.09. The maximum atomic E-state index is 13.6. The standard InChI is InChI=1S/C29H35N3O7S2/c1-23-10-14-26(15-11-23)41(36,37)32(27-8-4-5-9-28(27)38-2)22-29(33)30-18-21-39-24-12-16-25(17-13-24)40(34,35)31-19-6-3-7-20-31/h4-5,8-17H,3,6-7,18-22H2,1-2H3,(H,30,33).